The van der Waals surface area contributed by atoms with E-state index in [1.165, 1.54) is 19.0 Å². The lowest BCUT2D eigenvalue weighted by molar-refractivity contribution is -0.127. The minimum atomic E-state index is -4.56. The molecule has 5 heteroatoms. The lowest BCUT2D eigenvalue weighted by atomic mass is 10.2. The third-order valence-corrected chi connectivity index (χ3v) is 1.07. The van der Waals surface area contributed by atoms with E-state index >= 15 is 0 Å². The average molecular weight is 181 g/mol. The van der Waals surface area contributed by atoms with Crippen molar-refractivity contribution in [3.63, 3.8) is 0 Å². The van der Waals surface area contributed by atoms with Crippen molar-refractivity contribution in [1.29, 1.82) is 0 Å². The van der Waals surface area contributed by atoms with Gasteiger partial charge in [-0.15, -0.1) is 0 Å². The molecule has 0 saturated carbocycles. The van der Waals surface area contributed by atoms with Crippen molar-refractivity contribution in [3.05, 3.63) is 11.8 Å². The van der Waals surface area contributed by atoms with Gasteiger partial charge in [-0.1, -0.05) is 0 Å². The third kappa shape index (κ3) is 3.41. The Labute approximate surface area is 68.7 Å². The number of carbonyl (C=O) groups excluding carboxylic acids is 1. The number of hydrogen-bond donors (Lipinski definition) is 0. The molecule has 0 aliphatic heterocycles. The summed E-state index contributed by atoms with van der Waals surface area (Å²) in [5.41, 5.74) is -1.13. The van der Waals surface area contributed by atoms with Crippen molar-refractivity contribution in [1.82, 2.24) is 4.90 Å². The highest BCUT2D eigenvalue weighted by Crippen LogP contribution is 2.26. The predicted octanol–water partition coefficient (Wildman–Crippen LogP) is 1.58. The summed E-state index contributed by atoms with van der Waals surface area (Å²) >= 11 is 0. The summed E-state index contributed by atoms with van der Waals surface area (Å²) in [5, 5.41) is 0. The van der Waals surface area contributed by atoms with Crippen LogP contribution in [0, 0.1) is 0 Å². The Morgan fingerprint density at radius 3 is 1.83 bits per heavy atom. The maximum atomic E-state index is 12.0. The molecule has 0 bridgehead atoms. The van der Waals surface area contributed by atoms with E-state index < -0.39 is 17.5 Å². The van der Waals surface area contributed by atoms with Gasteiger partial charge in [0.15, 0.2) is 5.78 Å². The van der Waals surface area contributed by atoms with Crippen molar-refractivity contribution in [2.24, 2.45) is 0 Å². The Morgan fingerprint density at radius 2 is 1.75 bits per heavy atom. The van der Waals surface area contributed by atoms with Crippen LogP contribution in [0.5, 0.6) is 0 Å². The van der Waals surface area contributed by atoms with Gasteiger partial charge in [-0.2, -0.15) is 13.2 Å². The highest BCUT2D eigenvalue weighted by Gasteiger charge is 2.36. The molecule has 0 aliphatic carbocycles. The van der Waals surface area contributed by atoms with Crippen LogP contribution in [-0.2, 0) is 4.79 Å². The zero-order valence-corrected chi connectivity index (χ0v) is 7.07. The first-order valence-corrected chi connectivity index (χ1v) is 3.21. The monoisotopic (exact) mass is 181 g/mol. The minimum Gasteiger partial charge on any atom is -0.383 e. The van der Waals surface area contributed by atoms with Crippen molar-refractivity contribution >= 4 is 5.78 Å². The van der Waals surface area contributed by atoms with Gasteiger partial charge in [0.05, 0.1) is 0 Å². The smallest absolute Gasteiger partial charge is 0.383 e. The molecule has 0 N–H and O–H groups in total. The highest BCUT2D eigenvalue weighted by atomic mass is 19.4. The highest BCUT2D eigenvalue weighted by molar-refractivity contribution is 5.94. The van der Waals surface area contributed by atoms with E-state index in [9.17, 15) is 18.0 Å². The number of nitrogens with zero attached hydrogens (tertiary/aromatic N) is 1. The Bertz CT molecular complexity index is 205. The molecule has 0 aromatic carbocycles. The molecule has 0 rings (SSSR count). The fourth-order valence-corrected chi connectivity index (χ4v) is 0.622. The van der Waals surface area contributed by atoms with E-state index in [1.54, 1.807) is 0 Å². The second kappa shape index (κ2) is 3.60. The van der Waals surface area contributed by atoms with E-state index in [2.05, 4.69) is 0 Å². The zero-order chi connectivity index (χ0) is 9.94. The lowest BCUT2D eigenvalue weighted by Gasteiger charge is -2.11. The molecule has 2 nitrogen and oxygen atoms in total. The zero-order valence-electron chi connectivity index (χ0n) is 7.07. The summed E-state index contributed by atoms with van der Waals surface area (Å²) in [6.45, 7) is 0.892. The Kier molecular flexibility index (Phi) is 3.30. The standard InChI is InChI=1S/C7H10F3NO/c1-5(12)6(4-11(2)3)7(8,9)10/h4H,1-3H3/b6-4-. The molecule has 0 atom stereocenters. The van der Waals surface area contributed by atoms with Crippen LogP contribution in [0.25, 0.3) is 0 Å². The molecular formula is C7H10F3NO. The number of allylic oxidation sites excluding steroid dienone is 1. The molecule has 70 valence electrons. The molecule has 12 heavy (non-hydrogen) atoms. The summed E-state index contributed by atoms with van der Waals surface area (Å²) in [5.74, 6) is -0.976. The van der Waals surface area contributed by atoms with Crippen LogP contribution in [0.4, 0.5) is 13.2 Å². The second-order valence-electron chi connectivity index (χ2n) is 2.56. The SMILES string of the molecule is CC(=O)/C(=C/N(C)C)C(F)(F)F. The Hall–Kier alpha value is -1.00. The van der Waals surface area contributed by atoms with E-state index in [0.717, 1.165) is 13.1 Å². The first-order valence-electron chi connectivity index (χ1n) is 3.21. The molecule has 0 radical (unpaired) electrons. The van der Waals surface area contributed by atoms with Crippen molar-refractivity contribution in [3.8, 4) is 0 Å². The number of halogens is 3. The average Bonchev–Trinajstić information content (AvgIpc) is 1.79. The van der Waals surface area contributed by atoms with Gasteiger partial charge in [0.25, 0.3) is 0 Å². The van der Waals surface area contributed by atoms with Crippen LogP contribution in [0.3, 0.4) is 0 Å². The first-order chi connectivity index (χ1) is 5.25. The molecule has 0 fully saturated rings. The minimum absolute atomic E-state index is 0.766. The van der Waals surface area contributed by atoms with Crippen LogP contribution in [0.15, 0.2) is 11.8 Å². The number of hydrogen-bond acceptors (Lipinski definition) is 2. The van der Waals surface area contributed by atoms with E-state index in [0.29, 0.717) is 0 Å². The Balaban J connectivity index is 4.81. The van der Waals surface area contributed by atoms with Crippen molar-refractivity contribution < 1.29 is 18.0 Å². The lowest BCUT2D eigenvalue weighted by Crippen LogP contribution is -2.21. The van der Waals surface area contributed by atoms with Gasteiger partial charge in [0.1, 0.15) is 5.57 Å². The van der Waals surface area contributed by atoms with Gasteiger partial charge >= 0.3 is 6.18 Å². The fourth-order valence-electron chi connectivity index (χ4n) is 0.622. The van der Waals surface area contributed by atoms with Crippen LogP contribution >= 0.6 is 0 Å². The van der Waals surface area contributed by atoms with Crippen molar-refractivity contribution in [2.45, 2.75) is 13.1 Å². The number of carbonyl (C=O) groups is 1. The topological polar surface area (TPSA) is 20.3 Å². The number of rotatable bonds is 2. The summed E-state index contributed by atoms with van der Waals surface area (Å²) in [7, 11) is 2.85. The van der Waals surface area contributed by atoms with Crippen molar-refractivity contribution in [2.75, 3.05) is 14.1 Å². The number of ketones is 1. The molecule has 0 aromatic rings. The molecule has 0 amide bonds. The first kappa shape index (κ1) is 11.0. The summed E-state index contributed by atoms with van der Waals surface area (Å²) in [6, 6.07) is 0. The second-order valence-corrected chi connectivity index (χ2v) is 2.56. The van der Waals surface area contributed by atoms with Crippen LogP contribution < -0.4 is 0 Å². The van der Waals surface area contributed by atoms with Crippen LogP contribution in [0.2, 0.25) is 0 Å². The quantitative estimate of drug-likeness (QED) is 0.603. The molecule has 0 aromatic heterocycles. The van der Waals surface area contributed by atoms with Crippen LogP contribution in [-0.4, -0.2) is 31.0 Å². The number of Topliss-reactive ketones (excluding diaryl/α,β-unsaturated/α-hetero) is 1. The van der Waals surface area contributed by atoms with Gasteiger partial charge in [0.2, 0.25) is 0 Å². The molecule has 0 spiro atoms. The maximum Gasteiger partial charge on any atom is 0.421 e. The summed E-state index contributed by atoms with van der Waals surface area (Å²) in [4.78, 5) is 11.7. The molecular weight excluding hydrogens is 171 g/mol. The largest absolute Gasteiger partial charge is 0.421 e. The normalized spacial score (nSPS) is 13.0. The van der Waals surface area contributed by atoms with Gasteiger partial charge < -0.3 is 4.90 Å². The van der Waals surface area contributed by atoms with Gasteiger partial charge in [-0.3, -0.25) is 4.79 Å². The molecule has 0 heterocycles. The van der Waals surface area contributed by atoms with Gasteiger partial charge in [-0.05, 0) is 6.92 Å². The van der Waals surface area contributed by atoms with E-state index in [4.69, 9.17) is 0 Å². The summed E-state index contributed by atoms with van der Waals surface area (Å²) < 4.78 is 36.0. The third-order valence-electron chi connectivity index (χ3n) is 1.07. The Morgan fingerprint density at radius 1 is 1.33 bits per heavy atom. The van der Waals surface area contributed by atoms with Crippen LogP contribution in [0.1, 0.15) is 6.92 Å². The molecule has 0 unspecified atom stereocenters. The fraction of sp³-hybridized carbons (Fsp3) is 0.571. The van der Waals surface area contributed by atoms with E-state index in [1.807, 2.05) is 0 Å². The van der Waals surface area contributed by atoms with E-state index in [-0.39, 0.29) is 0 Å². The predicted molar refractivity (Wildman–Crippen MR) is 38.5 cm³/mol. The van der Waals surface area contributed by atoms with Gasteiger partial charge in [0, 0.05) is 20.3 Å². The maximum absolute atomic E-state index is 12.0. The summed E-state index contributed by atoms with van der Waals surface area (Å²) in [6.07, 6.45) is -3.79. The molecule has 0 aliphatic rings. The number of alkyl halides is 3. The van der Waals surface area contributed by atoms with Gasteiger partial charge in [-0.25, -0.2) is 0 Å². The molecule has 0 saturated heterocycles.